The summed E-state index contributed by atoms with van der Waals surface area (Å²) in [6.45, 7) is 1.39. The fourth-order valence-corrected chi connectivity index (χ4v) is 4.86. The first-order valence-corrected chi connectivity index (χ1v) is 11.1. The van der Waals surface area contributed by atoms with Gasteiger partial charge >= 0.3 is 0 Å². The van der Waals surface area contributed by atoms with Crippen molar-refractivity contribution in [2.75, 3.05) is 20.3 Å². The van der Waals surface area contributed by atoms with E-state index >= 15 is 0 Å². The van der Waals surface area contributed by atoms with Gasteiger partial charge < -0.3 is 9.47 Å². The molecule has 0 N–H and O–H groups in total. The molecule has 1 aliphatic rings. The van der Waals surface area contributed by atoms with E-state index in [1.165, 1.54) is 11.8 Å². The molecule has 0 bridgehead atoms. The predicted molar refractivity (Wildman–Crippen MR) is 121 cm³/mol. The molecule has 0 aliphatic carbocycles. The molecule has 2 aromatic carbocycles. The van der Waals surface area contributed by atoms with Gasteiger partial charge in [-0.25, -0.2) is 0 Å². The number of nitrogens with zero attached hydrogens (tertiary/aromatic N) is 1. The summed E-state index contributed by atoms with van der Waals surface area (Å²) >= 11 is 16.6. The Morgan fingerprint density at radius 3 is 2.61 bits per heavy atom. The second kappa shape index (κ2) is 10.1. The van der Waals surface area contributed by atoms with Crippen LogP contribution in [0.1, 0.15) is 11.1 Å². The van der Waals surface area contributed by atoms with Crippen LogP contribution in [0.4, 0.5) is 0 Å². The predicted octanol–water partition coefficient (Wildman–Crippen LogP) is 5.10. The fourth-order valence-electron chi connectivity index (χ4n) is 2.76. The Kier molecular flexibility index (Phi) is 7.77. The zero-order valence-electron chi connectivity index (χ0n) is 15.2. The molecule has 1 saturated heterocycles. The number of carbonyl (C=O) groups excluding carboxylic acids is 1. The van der Waals surface area contributed by atoms with Gasteiger partial charge in [-0.3, -0.25) is 9.69 Å². The van der Waals surface area contributed by atoms with Gasteiger partial charge in [0.15, 0.2) is 0 Å². The van der Waals surface area contributed by atoms with E-state index in [4.69, 9.17) is 33.3 Å². The molecule has 1 atom stereocenters. The van der Waals surface area contributed by atoms with Gasteiger partial charge in [-0.1, -0.05) is 69.7 Å². The summed E-state index contributed by atoms with van der Waals surface area (Å²) in [5.41, 5.74) is 2.03. The standard InChI is InChI=1S/C20H19BrClNO3S2/c1-25-9-8-23-19(24)18(28-20(23)27)11-14-4-7-17(16(22)10-14)26-12-13-2-5-15(21)6-3-13/h2-7,10,18H,8-9,11-12H2,1H3/t18-/m1/s1. The lowest BCUT2D eigenvalue weighted by Crippen LogP contribution is -2.34. The monoisotopic (exact) mass is 499 g/mol. The van der Waals surface area contributed by atoms with Crippen molar-refractivity contribution < 1.29 is 14.3 Å². The molecule has 0 saturated carbocycles. The number of amides is 1. The third-order valence-electron chi connectivity index (χ3n) is 4.25. The molecule has 148 valence electrons. The Bertz CT molecular complexity index is 863. The third kappa shape index (κ3) is 5.48. The van der Waals surface area contributed by atoms with Crippen molar-refractivity contribution in [3.8, 4) is 5.75 Å². The number of thiocarbonyl (C=S) groups is 1. The van der Waals surface area contributed by atoms with Crippen LogP contribution in [-0.2, 0) is 22.6 Å². The van der Waals surface area contributed by atoms with E-state index in [1.54, 1.807) is 12.0 Å². The average molecular weight is 501 g/mol. The first-order chi connectivity index (χ1) is 13.5. The number of hydrogen-bond donors (Lipinski definition) is 0. The highest BCUT2D eigenvalue weighted by atomic mass is 79.9. The van der Waals surface area contributed by atoms with E-state index in [2.05, 4.69) is 15.9 Å². The molecule has 28 heavy (non-hydrogen) atoms. The van der Waals surface area contributed by atoms with E-state index in [-0.39, 0.29) is 11.2 Å². The van der Waals surface area contributed by atoms with Crippen molar-refractivity contribution in [2.45, 2.75) is 18.3 Å². The number of hydrogen-bond acceptors (Lipinski definition) is 5. The number of ether oxygens (including phenoxy) is 2. The summed E-state index contributed by atoms with van der Waals surface area (Å²) in [5, 5.41) is 0.304. The number of halogens is 2. The lowest BCUT2D eigenvalue weighted by molar-refractivity contribution is -0.126. The van der Waals surface area contributed by atoms with Crippen molar-refractivity contribution in [1.29, 1.82) is 0 Å². The minimum atomic E-state index is -0.227. The van der Waals surface area contributed by atoms with Gasteiger partial charge in [0.05, 0.1) is 23.4 Å². The Morgan fingerprint density at radius 1 is 1.21 bits per heavy atom. The first-order valence-electron chi connectivity index (χ1n) is 8.64. The van der Waals surface area contributed by atoms with E-state index in [1.807, 2.05) is 42.5 Å². The van der Waals surface area contributed by atoms with Crippen LogP contribution in [0.5, 0.6) is 5.75 Å². The molecule has 4 nitrogen and oxygen atoms in total. The van der Waals surface area contributed by atoms with Gasteiger partial charge in [-0.2, -0.15) is 0 Å². The largest absolute Gasteiger partial charge is 0.487 e. The van der Waals surface area contributed by atoms with Crippen molar-refractivity contribution in [2.24, 2.45) is 0 Å². The number of thioether (sulfide) groups is 1. The quantitative estimate of drug-likeness (QED) is 0.472. The van der Waals surface area contributed by atoms with Crippen LogP contribution in [0.15, 0.2) is 46.9 Å². The van der Waals surface area contributed by atoms with Crippen LogP contribution in [0, 0.1) is 0 Å². The lowest BCUT2D eigenvalue weighted by atomic mass is 10.1. The maximum absolute atomic E-state index is 12.6. The van der Waals surface area contributed by atoms with Crippen molar-refractivity contribution in [3.63, 3.8) is 0 Å². The molecule has 1 fully saturated rings. The van der Waals surface area contributed by atoms with E-state index in [9.17, 15) is 4.79 Å². The summed E-state index contributed by atoms with van der Waals surface area (Å²) in [6, 6.07) is 13.6. The smallest absolute Gasteiger partial charge is 0.242 e. The second-order valence-corrected chi connectivity index (χ2v) is 9.40. The normalized spacial score (nSPS) is 16.7. The third-order valence-corrected chi connectivity index (χ3v) is 6.66. The SMILES string of the molecule is COCCN1C(=O)[C@@H](Cc2ccc(OCc3ccc(Br)cc3)c(Cl)c2)SC1=S. The highest BCUT2D eigenvalue weighted by Gasteiger charge is 2.36. The molecule has 8 heteroatoms. The summed E-state index contributed by atoms with van der Waals surface area (Å²) < 4.78 is 12.5. The van der Waals surface area contributed by atoms with E-state index in [0.717, 1.165) is 15.6 Å². The number of carbonyl (C=O) groups is 1. The summed E-state index contributed by atoms with van der Waals surface area (Å²) in [6.07, 6.45) is 0.569. The summed E-state index contributed by atoms with van der Waals surface area (Å²) in [5.74, 6) is 0.648. The van der Waals surface area contributed by atoms with Crippen LogP contribution < -0.4 is 4.74 Å². The Balaban J connectivity index is 1.60. The minimum absolute atomic E-state index is 0.0266. The second-order valence-electron chi connectivity index (χ2n) is 6.24. The van der Waals surface area contributed by atoms with Gasteiger partial charge in [0.1, 0.15) is 16.7 Å². The maximum Gasteiger partial charge on any atom is 0.242 e. The van der Waals surface area contributed by atoms with Crippen LogP contribution in [0.25, 0.3) is 0 Å². The summed E-state index contributed by atoms with van der Waals surface area (Å²) in [7, 11) is 1.61. The molecule has 2 aromatic rings. The Morgan fingerprint density at radius 2 is 1.93 bits per heavy atom. The molecule has 0 radical (unpaired) electrons. The minimum Gasteiger partial charge on any atom is -0.487 e. The lowest BCUT2D eigenvalue weighted by Gasteiger charge is -2.15. The van der Waals surface area contributed by atoms with Crippen LogP contribution >= 0.6 is 51.5 Å². The Labute approximate surface area is 187 Å². The summed E-state index contributed by atoms with van der Waals surface area (Å²) in [4.78, 5) is 14.2. The number of rotatable bonds is 8. The van der Waals surface area contributed by atoms with Gasteiger partial charge in [0, 0.05) is 11.6 Å². The fraction of sp³-hybridized carbons (Fsp3) is 0.300. The zero-order valence-corrected chi connectivity index (χ0v) is 19.2. The number of benzene rings is 2. The first kappa shape index (κ1) is 21.6. The highest BCUT2D eigenvalue weighted by Crippen LogP contribution is 2.32. The van der Waals surface area contributed by atoms with Gasteiger partial charge in [-0.15, -0.1) is 0 Å². The molecule has 0 unspecified atom stereocenters. The average Bonchev–Trinajstić information content (AvgIpc) is 2.94. The molecule has 1 heterocycles. The molecule has 3 rings (SSSR count). The van der Waals surface area contributed by atoms with Crippen LogP contribution in [-0.4, -0.2) is 40.6 Å². The molecule has 1 aliphatic heterocycles. The van der Waals surface area contributed by atoms with Crippen molar-refractivity contribution in [1.82, 2.24) is 4.90 Å². The molecule has 0 aromatic heterocycles. The molecule has 0 spiro atoms. The topological polar surface area (TPSA) is 38.8 Å². The molecule has 1 amide bonds. The molecular weight excluding hydrogens is 482 g/mol. The maximum atomic E-state index is 12.6. The van der Waals surface area contributed by atoms with Crippen LogP contribution in [0.3, 0.4) is 0 Å². The number of methoxy groups -OCH3 is 1. The zero-order chi connectivity index (χ0) is 20.1. The van der Waals surface area contributed by atoms with Gasteiger partial charge in [-0.05, 0) is 41.8 Å². The van der Waals surface area contributed by atoms with Crippen LogP contribution in [0.2, 0.25) is 5.02 Å². The molecular formula is C20H19BrClNO3S2. The van der Waals surface area contributed by atoms with Crippen molar-refractivity contribution in [3.05, 3.63) is 63.1 Å². The highest BCUT2D eigenvalue weighted by molar-refractivity contribution is 9.10. The van der Waals surface area contributed by atoms with E-state index in [0.29, 0.717) is 41.3 Å². The van der Waals surface area contributed by atoms with Crippen molar-refractivity contribution >= 4 is 61.7 Å². The van der Waals surface area contributed by atoms with Gasteiger partial charge in [0.2, 0.25) is 5.91 Å². The van der Waals surface area contributed by atoms with E-state index < -0.39 is 0 Å². The Hall–Kier alpha value is -1.12. The van der Waals surface area contributed by atoms with Gasteiger partial charge in [0.25, 0.3) is 0 Å².